The normalized spacial score (nSPS) is 24.4. The zero-order valence-electron chi connectivity index (χ0n) is 10.7. The topological polar surface area (TPSA) is 23.5 Å². The molecule has 1 heterocycles. The molecule has 0 bridgehead atoms. The Morgan fingerprint density at radius 1 is 1.13 bits per heavy atom. The van der Waals surface area contributed by atoms with Crippen molar-refractivity contribution >= 4 is 0 Å². The molecule has 15 heavy (non-hydrogen) atoms. The van der Waals surface area contributed by atoms with E-state index in [0.717, 1.165) is 18.3 Å². The van der Waals surface area contributed by atoms with E-state index in [9.17, 15) is 5.11 Å². The van der Waals surface area contributed by atoms with E-state index in [4.69, 9.17) is 0 Å². The lowest BCUT2D eigenvalue weighted by Gasteiger charge is -2.37. The fourth-order valence-corrected chi connectivity index (χ4v) is 2.67. The highest BCUT2D eigenvalue weighted by Crippen LogP contribution is 2.26. The van der Waals surface area contributed by atoms with E-state index < -0.39 is 0 Å². The summed E-state index contributed by atoms with van der Waals surface area (Å²) in [4.78, 5) is 2.53. The van der Waals surface area contributed by atoms with Crippen molar-refractivity contribution in [3.05, 3.63) is 0 Å². The molecular weight excluding hydrogens is 186 g/mol. The van der Waals surface area contributed by atoms with Gasteiger partial charge >= 0.3 is 0 Å². The van der Waals surface area contributed by atoms with Crippen LogP contribution in [0, 0.1) is 11.8 Å². The van der Waals surface area contributed by atoms with Crippen LogP contribution in [0.25, 0.3) is 0 Å². The smallest absolute Gasteiger partial charge is 0.0526 e. The van der Waals surface area contributed by atoms with E-state index in [-0.39, 0.29) is 6.10 Å². The van der Waals surface area contributed by atoms with Gasteiger partial charge in [-0.1, -0.05) is 13.8 Å². The van der Waals surface area contributed by atoms with Gasteiger partial charge in [0.15, 0.2) is 0 Å². The Balaban J connectivity index is 2.30. The molecule has 1 saturated heterocycles. The van der Waals surface area contributed by atoms with Gasteiger partial charge in [-0.25, -0.2) is 0 Å². The Morgan fingerprint density at radius 3 is 2.07 bits per heavy atom. The minimum absolute atomic E-state index is 0.164. The maximum atomic E-state index is 9.37. The molecule has 0 aromatic heterocycles. The van der Waals surface area contributed by atoms with E-state index in [2.05, 4.69) is 25.7 Å². The van der Waals surface area contributed by atoms with Crippen molar-refractivity contribution in [3.8, 4) is 0 Å². The van der Waals surface area contributed by atoms with E-state index in [1.807, 2.05) is 6.92 Å². The molecule has 1 rings (SSSR count). The lowest BCUT2D eigenvalue weighted by atomic mass is 9.86. The van der Waals surface area contributed by atoms with Crippen molar-refractivity contribution in [2.75, 3.05) is 13.1 Å². The van der Waals surface area contributed by atoms with E-state index in [0.29, 0.717) is 6.04 Å². The zero-order valence-corrected chi connectivity index (χ0v) is 10.7. The third kappa shape index (κ3) is 4.12. The van der Waals surface area contributed by atoms with Gasteiger partial charge in [-0.2, -0.15) is 0 Å². The first-order valence-electron chi connectivity index (χ1n) is 6.42. The summed E-state index contributed by atoms with van der Waals surface area (Å²) in [7, 11) is 0. The monoisotopic (exact) mass is 213 g/mol. The fraction of sp³-hybridized carbons (Fsp3) is 1.00. The summed E-state index contributed by atoms with van der Waals surface area (Å²) in [5.74, 6) is 1.75. The minimum Gasteiger partial charge on any atom is -0.393 e. The molecule has 2 heteroatoms. The molecule has 2 nitrogen and oxygen atoms in total. The molecule has 1 aliphatic rings. The molecule has 0 amide bonds. The van der Waals surface area contributed by atoms with Crippen LogP contribution >= 0.6 is 0 Å². The number of rotatable bonds is 4. The Labute approximate surface area is 94.7 Å². The molecular formula is C13H27NO. The largest absolute Gasteiger partial charge is 0.393 e. The number of aliphatic hydroxyl groups excluding tert-OH is 1. The summed E-state index contributed by atoms with van der Waals surface area (Å²) < 4.78 is 0. The number of aliphatic hydroxyl groups is 1. The average molecular weight is 213 g/mol. The molecule has 0 saturated carbocycles. The summed E-state index contributed by atoms with van der Waals surface area (Å²) in [5, 5.41) is 9.37. The quantitative estimate of drug-likeness (QED) is 0.775. The Kier molecular flexibility index (Phi) is 5.07. The lowest BCUT2D eigenvalue weighted by Crippen LogP contribution is -2.42. The molecule has 2 unspecified atom stereocenters. The van der Waals surface area contributed by atoms with Crippen LogP contribution in [0.1, 0.15) is 47.0 Å². The number of piperidine rings is 1. The second-order valence-corrected chi connectivity index (χ2v) is 5.55. The average Bonchev–Trinajstić information content (AvgIpc) is 2.17. The van der Waals surface area contributed by atoms with E-state index >= 15 is 0 Å². The van der Waals surface area contributed by atoms with Crippen LogP contribution in [0.2, 0.25) is 0 Å². The van der Waals surface area contributed by atoms with Crippen LogP contribution in [0.4, 0.5) is 0 Å². The number of likely N-dealkylation sites (tertiary alicyclic amines) is 1. The Bertz CT molecular complexity index is 171. The predicted octanol–water partition coefficient (Wildman–Crippen LogP) is 2.51. The Morgan fingerprint density at radius 2 is 1.67 bits per heavy atom. The third-order valence-electron chi connectivity index (χ3n) is 3.82. The van der Waals surface area contributed by atoms with Gasteiger partial charge in [0.1, 0.15) is 0 Å². The minimum atomic E-state index is -0.164. The summed E-state index contributed by atoms with van der Waals surface area (Å²) in [6.45, 7) is 11.2. The first-order chi connectivity index (χ1) is 7.00. The van der Waals surface area contributed by atoms with Crippen molar-refractivity contribution in [3.63, 3.8) is 0 Å². The van der Waals surface area contributed by atoms with Crippen LogP contribution in [0.15, 0.2) is 0 Å². The van der Waals surface area contributed by atoms with Crippen molar-refractivity contribution < 1.29 is 5.11 Å². The van der Waals surface area contributed by atoms with Gasteiger partial charge in [0, 0.05) is 6.04 Å². The highest BCUT2D eigenvalue weighted by Gasteiger charge is 2.24. The molecule has 2 atom stereocenters. The van der Waals surface area contributed by atoms with Crippen LogP contribution < -0.4 is 0 Å². The first kappa shape index (κ1) is 13.0. The Hall–Kier alpha value is -0.0800. The second-order valence-electron chi connectivity index (χ2n) is 5.55. The van der Waals surface area contributed by atoms with E-state index in [1.165, 1.54) is 25.9 Å². The van der Waals surface area contributed by atoms with Crippen LogP contribution in [0.5, 0.6) is 0 Å². The third-order valence-corrected chi connectivity index (χ3v) is 3.82. The van der Waals surface area contributed by atoms with Crippen molar-refractivity contribution in [1.29, 1.82) is 0 Å². The molecule has 0 aromatic rings. The lowest BCUT2D eigenvalue weighted by molar-refractivity contribution is 0.0836. The van der Waals surface area contributed by atoms with Crippen LogP contribution in [-0.4, -0.2) is 35.2 Å². The molecule has 0 aliphatic carbocycles. The number of nitrogens with zero attached hydrogens (tertiary/aromatic N) is 1. The van der Waals surface area contributed by atoms with Crippen molar-refractivity contribution in [2.24, 2.45) is 11.8 Å². The molecule has 0 aromatic carbocycles. The highest BCUT2D eigenvalue weighted by molar-refractivity contribution is 4.78. The summed E-state index contributed by atoms with van der Waals surface area (Å²) in [6, 6.07) is 0.540. The SMILES string of the molecule is CC(O)CC(C)N1CCC(C(C)C)CC1. The van der Waals surface area contributed by atoms with Gasteiger partial charge < -0.3 is 10.0 Å². The predicted molar refractivity (Wildman–Crippen MR) is 64.9 cm³/mol. The molecule has 90 valence electrons. The first-order valence-corrected chi connectivity index (χ1v) is 6.42. The summed E-state index contributed by atoms with van der Waals surface area (Å²) in [6.07, 6.45) is 3.42. The molecule has 1 fully saturated rings. The maximum Gasteiger partial charge on any atom is 0.0526 e. The number of hydrogen-bond acceptors (Lipinski definition) is 2. The van der Waals surface area contributed by atoms with Gasteiger partial charge in [0.2, 0.25) is 0 Å². The second kappa shape index (κ2) is 5.86. The van der Waals surface area contributed by atoms with Crippen LogP contribution in [0.3, 0.4) is 0 Å². The van der Waals surface area contributed by atoms with Gasteiger partial charge in [0.05, 0.1) is 6.10 Å². The standard InChI is InChI=1S/C13H27NO/c1-10(2)13-5-7-14(8-6-13)11(3)9-12(4)15/h10-13,15H,5-9H2,1-4H3. The summed E-state index contributed by atoms with van der Waals surface area (Å²) >= 11 is 0. The van der Waals surface area contributed by atoms with E-state index in [1.54, 1.807) is 0 Å². The number of hydrogen-bond donors (Lipinski definition) is 1. The van der Waals surface area contributed by atoms with Gasteiger partial charge in [-0.3, -0.25) is 0 Å². The summed E-state index contributed by atoms with van der Waals surface area (Å²) in [5.41, 5.74) is 0. The van der Waals surface area contributed by atoms with Gasteiger partial charge in [-0.15, -0.1) is 0 Å². The van der Waals surface area contributed by atoms with Crippen LogP contribution in [-0.2, 0) is 0 Å². The highest BCUT2D eigenvalue weighted by atomic mass is 16.3. The zero-order chi connectivity index (χ0) is 11.4. The van der Waals surface area contributed by atoms with Gasteiger partial charge in [0.25, 0.3) is 0 Å². The van der Waals surface area contributed by atoms with Crippen molar-refractivity contribution in [1.82, 2.24) is 4.90 Å². The fourth-order valence-electron chi connectivity index (χ4n) is 2.67. The molecule has 0 radical (unpaired) electrons. The molecule has 1 N–H and O–H groups in total. The van der Waals surface area contributed by atoms with Crippen molar-refractivity contribution in [2.45, 2.75) is 59.1 Å². The maximum absolute atomic E-state index is 9.37. The molecule has 1 aliphatic heterocycles. The van der Waals surface area contributed by atoms with Gasteiger partial charge in [-0.05, 0) is 58.0 Å². The molecule has 0 spiro atoms.